The number of benzene rings is 2. The molecule has 7 nitrogen and oxygen atoms in total. The van der Waals surface area contributed by atoms with Gasteiger partial charge in [-0.3, -0.25) is 9.48 Å². The lowest BCUT2D eigenvalue weighted by Gasteiger charge is -2.10. The minimum Gasteiger partial charge on any atom is -0.383 e. The molecule has 30 heavy (non-hydrogen) atoms. The second-order valence-electron chi connectivity index (χ2n) is 7.43. The molecule has 2 aromatic heterocycles. The van der Waals surface area contributed by atoms with Gasteiger partial charge in [-0.05, 0) is 43.3 Å². The van der Waals surface area contributed by atoms with Crippen LogP contribution in [-0.2, 0) is 0 Å². The third-order valence-corrected chi connectivity index (χ3v) is 5.48. The predicted octanol–water partition coefficient (Wildman–Crippen LogP) is 3.47. The smallest absolute Gasteiger partial charge is 0.255 e. The number of carbonyl (C=O) groups excluding carboxylic acids is 1. The summed E-state index contributed by atoms with van der Waals surface area (Å²) in [5, 5.41) is 12.1. The van der Waals surface area contributed by atoms with Crippen molar-refractivity contribution >= 4 is 28.3 Å². The number of nitrogen functional groups attached to an aromatic ring is 1. The number of anilines is 2. The number of fused-ring (bicyclic) bond motifs is 1. The van der Waals surface area contributed by atoms with E-state index in [1.54, 1.807) is 18.3 Å². The average molecular weight is 398 g/mol. The maximum absolute atomic E-state index is 12.4. The van der Waals surface area contributed by atoms with Gasteiger partial charge in [0.15, 0.2) is 0 Å². The first kappa shape index (κ1) is 18.3. The summed E-state index contributed by atoms with van der Waals surface area (Å²) >= 11 is 0. The molecule has 3 heterocycles. The van der Waals surface area contributed by atoms with E-state index in [-0.39, 0.29) is 5.91 Å². The summed E-state index contributed by atoms with van der Waals surface area (Å²) in [5.74, 6) is 0.335. The highest BCUT2D eigenvalue weighted by molar-refractivity contribution is 6.04. The van der Waals surface area contributed by atoms with Gasteiger partial charge in [0, 0.05) is 29.6 Å². The van der Waals surface area contributed by atoms with Crippen molar-refractivity contribution in [3.63, 3.8) is 0 Å². The largest absolute Gasteiger partial charge is 0.383 e. The number of pyridine rings is 1. The monoisotopic (exact) mass is 398 g/mol. The third-order valence-electron chi connectivity index (χ3n) is 5.48. The number of carbonyl (C=O) groups is 1. The molecule has 0 aliphatic carbocycles. The number of amides is 1. The summed E-state index contributed by atoms with van der Waals surface area (Å²) in [6.07, 6.45) is 2.76. The fraction of sp³-hybridized carbons (Fsp3) is 0.174. The highest BCUT2D eigenvalue weighted by atomic mass is 16.1. The van der Waals surface area contributed by atoms with Gasteiger partial charge in [-0.1, -0.05) is 30.3 Å². The molecule has 150 valence electrons. The van der Waals surface area contributed by atoms with Crippen LogP contribution in [0.25, 0.3) is 22.2 Å². The molecule has 1 amide bonds. The zero-order valence-electron chi connectivity index (χ0n) is 16.4. The van der Waals surface area contributed by atoms with Gasteiger partial charge >= 0.3 is 0 Å². The lowest BCUT2D eigenvalue weighted by molar-refractivity contribution is 0.102. The number of nitrogens with two attached hydrogens (primary N) is 1. The van der Waals surface area contributed by atoms with Gasteiger partial charge in [0.25, 0.3) is 5.91 Å². The van der Waals surface area contributed by atoms with E-state index in [1.165, 1.54) is 0 Å². The van der Waals surface area contributed by atoms with Crippen LogP contribution in [0.15, 0.2) is 66.9 Å². The fourth-order valence-electron chi connectivity index (χ4n) is 3.95. The molecule has 0 saturated carbocycles. The molecular weight excluding hydrogens is 376 g/mol. The first-order valence-corrected chi connectivity index (χ1v) is 10.0. The third kappa shape index (κ3) is 3.29. The summed E-state index contributed by atoms with van der Waals surface area (Å²) in [4.78, 5) is 16.7. The van der Waals surface area contributed by atoms with E-state index in [4.69, 9.17) is 10.8 Å². The van der Waals surface area contributed by atoms with Crippen LogP contribution in [-0.4, -0.2) is 33.8 Å². The average Bonchev–Trinajstić information content (AvgIpc) is 3.43. The summed E-state index contributed by atoms with van der Waals surface area (Å²) in [7, 11) is 0. The Hall–Kier alpha value is -3.71. The predicted molar refractivity (Wildman–Crippen MR) is 118 cm³/mol. The van der Waals surface area contributed by atoms with Gasteiger partial charge in [-0.25, -0.2) is 4.98 Å². The highest BCUT2D eigenvalue weighted by Gasteiger charge is 2.23. The normalized spacial score (nSPS) is 16.1. The maximum atomic E-state index is 12.4. The van der Waals surface area contributed by atoms with Crippen LogP contribution in [0, 0.1) is 0 Å². The Labute approximate surface area is 173 Å². The molecule has 0 bridgehead atoms. The van der Waals surface area contributed by atoms with Gasteiger partial charge in [0.2, 0.25) is 0 Å². The Kier molecular flexibility index (Phi) is 4.65. The van der Waals surface area contributed by atoms with Crippen LogP contribution in [0.1, 0.15) is 22.8 Å². The first-order valence-electron chi connectivity index (χ1n) is 10.0. The van der Waals surface area contributed by atoms with Crippen LogP contribution in [0.4, 0.5) is 11.5 Å². The molecule has 2 aromatic carbocycles. The second kappa shape index (κ2) is 7.61. The zero-order valence-corrected chi connectivity index (χ0v) is 16.4. The summed E-state index contributed by atoms with van der Waals surface area (Å²) < 4.78 is 2.06. The van der Waals surface area contributed by atoms with E-state index in [1.807, 2.05) is 48.5 Å². The standard InChI is InChI=1S/C23H22N6O/c24-22-20-19(11-13-26-22)29(18-10-12-25-14-18)28-21(20)15-6-8-17(9-7-15)27-23(30)16-4-2-1-3-5-16/h1-9,11,13,18,25H,10,12,14H2,(H2,24,26)(H,27,30). The molecule has 1 atom stereocenters. The lowest BCUT2D eigenvalue weighted by atomic mass is 10.1. The van der Waals surface area contributed by atoms with Crippen LogP contribution in [0.3, 0.4) is 0 Å². The summed E-state index contributed by atoms with van der Waals surface area (Å²) in [6, 6.07) is 19.1. The van der Waals surface area contributed by atoms with Crippen molar-refractivity contribution in [2.45, 2.75) is 12.5 Å². The quantitative estimate of drug-likeness (QED) is 0.489. The van der Waals surface area contributed by atoms with Crippen LogP contribution >= 0.6 is 0 Å². The van der Waals surface area contributed by atoms with Gasteiger partial charge < -0.3 is 16.4 Å². The second-order valence-corrected chi connectivity index (χ2v) is 7.43. The van der Waals surface area contributed by atoms with Crippen LogP contribution in [0.5, 0.6) is 0 Å². The Morgan fingerprint density at radius 1 is 1.10 bits per heavy atom. The minimum absolute atomic E-state index is 0.139. The van der Waals surface area contributed by atoms with E-state index in [2.05, 4.69) is 20.3 Å². The van der Waals surface area contributed by atoms with Crippen LogP contribution < -0.4 is 16.4 Å². The number of aromatic nitrogens is 3. The van der Waals surface area contributed by atoms with E-state index >= 15 is 0 Å². The molecule has 0 radical (unpaired) electrons. The zero-order chi connectivity index (χ0) is 20.5. The number of hydrogen-bond donors (Lipinski definition) is 3. The van der Waals surface area contributed by atoms with Crippen molar-refractivity contribution in [1.29, 1.82) is 0 Å². The molecule has 5 rings (SSSR count). The van der Waals surface area contributed by atoms with Gasteiger partial charge in [-0.2, -0.15) is 5.10 Å². The molecule has 1 fully saturated rings. The molecule has 1 saturated heterocycles. The molecule has 7 heteroatoms. The van der Waals surface area contributed by atoms with E-state index in [0.29, 0.717) is 17.4 Å². The van der Waals surface area contributed by atoms with Crippen molar-refractivity contribution < 1.29 is 4.79 Å². The minimum atomic E-state index is -0.139. The van der Waals surface area contributed by atoms with Crippen molar-refractivity contribution in [3.05, 3.63) is 72.4 Å². The number of nitrogens with zero attached hydrogens (tertiary/aromatic N) is 3. The number of nitrogens with one attached hydrogen (secondary N) is 2. The molecule has 4 N–H and O–H groups in total. The SMILES string of the molecule is Nc1nccc2c1c(-c1ccc(NC(=O)c3ccccc3)cc1)nn2C1CCNC1. The Morgan fingerprint density at radius 2 is 1.90 bits per heavy atom. The lowest BCUT2D eigenvalue weighted by Crippen LogP contribution is -2.14. The van der Waals surface area contributed by atoms with Crippen molar-refractivity contribution in [2.75, 3.05) is 24.1 Å². The number of rotatable bonds is 4. The van der Waals surface area contributed by atoms with Gasteiger partial charge in [0.1, 0.15) is 11.5 Å². The fourth-order valence-corrected chi connectivity index (χ4v) is 3.95. The molecule has 1 aliphatic heterocycles. The first-order chi connectivity index (χ1) is 14.7. The molecule has 1 aliphatic rings. The van der Waals surface area contributed by atoms with E-state index in [0.717, 1.165) is 47.4 Å². The highest BCUT2D eigenvalue weighted by Crippen LogP contribution is 2.34. The van der Waals surface area contributed by atoms with Crippen molar-refractivity contribution in [3.8, 4) is 11.3 Å². The van der Waals surface area contributed by atoms with Gasteiger partial charge in [-0.15, -0.1) is 0 Å². The topological polar surface area (TPSA) is 97.9 Å². The summed E-state index contributed by atoms with van der Waals surface area (Å²) in [5.41, 5.74) is 10.3. The molecule has 4 aromatic rings. The van der Waals surface area contributed by atoms with Gasteiger partial charge in [0.05, 0.1) is 16.9 Å². The van der Waals surface area contributed by atoms with Crippen molar-refractivity contribution in [2.24, 2.45) is 0 Å². The Morgan fingerprint density at radius 3 is 2.63 bits per heavy atom. The van der Waals surface area contributed by atoms with E-state index in [9.17, 15) is 4.79 Å². The number of hydrogen-bond acceptors (Lipinski definition) is 5. The summed E-state index contributed by atoms with van der Waals surface area (Å²) in [6.45, 7) is 1.88. The molecular formula is C23H22N6O. The Balaban J connectivity index is 1.48. The van der Waals surface area contributed by atoms with E-state index < -0.39 is 0 Å². The Bertz CT molecular complexity index is 1190. The molecule has 0 spiro atoms. The maximum Gasteiger partial charge on any atom is 0.255 e. The van der Waals surface area contributed by atoms with Crippen molar-refractivity contribution in [1.82, 2.24) is 20.1 Å². The van der Waals surface area contributed by atoms with Crippen LogP contribution in [0.2, 0.25) is 0 Å². The molecule has 1 unspecified atom stereocenters.